The molecule has 1 amide bonds. The second-order valence-corrected chi connectivity index (χ2v) is 6.03. The van der Waals surface area contributed by atoms with Gasteiger partial charge in [0.2, 0.25) is 0 Å². The predicted molar refractivity (Wildman–Crippen MR) is 93.8 cm³/mol. The van der Waals surface area contributed by atoms with Crippen LogP contribution < -0.4 is 10.6 Å². The highest BCUT2D eigenvalue weighted by Crippen LogP contribution is 2.18. The topological polar surface area (TPSA) is 41.1 Å². The fourth-order valence-corrected chi connectivity index (χ4v) is 2.24. The molecule has 2 aromatic rings. The lowest BCUT2D eigenvalue weighted by Gasteiger charge is -2.10. The molecule has 2 aromatic carbocycles. The molecule has 0 radical (unpaired) electrons. The summed E-state index contributed by atoms with van der Waals surface area (Å²) in [6.45, 7) is 5.35. The number of rotatable bonds is 6. The van der Waals surface area contributed by atoms with Gasteiger partial charge in [-0.1, -0.05) is 37.6 Å². The highest BCUT2D eigenvalue weighted by atomic mass is 35.5. The Labute approximate surface area is 136 Å². The van der Waals surface area contributed by atoms with Crippen LogP contribution in [0.2, 0.25) is 5.02 Å². The minimum Gasteiger partial charge on any atom is -0.385 e. The van der Waals surface area contributed by atoms with E-state index in [1.807, 2.05) is 24.3 Å². The zero-order chi connectivity index (χ0) is 15.9. The van der Waals surface area contributed by atoms with Crippen LogP contribution in [0.1, 0.15) is 30.6 Å². The van der Waals surface area contributed by atoms with E-state index < -0.39 is 0 Å². The fourth-order valence-electron chi connectivity index (χ4n) is 2.02. The van der Waals surface area contributed by atoms with E-state index in [-0.39, 0.29) is 5.91 Å². The first-order valence-corrected chi connectivity index (χ1v) is 7.84. The van der Waals surface area contributed by atoms with Gasteiger partial charge in [-0.2, -0.15) is 0 Å². The van der Waals surface area contributed by atoms with Crippen molar-refractivity contribution in [1.29, 1.82) is 0 Å². The average Bonchev–Trinajstić information content (AvgIpc) is 2.49. The summed E-state index contributed by atoms with van der Waals surface area (Å²) >= 11 is 6.02. The van der Waals surface area contributed by atoms with E-state index in [9.17, 15) is 4.79 Å². The van der Waals surface area contributed by atoms with Gasteiger partial charge in [-0.3, -0.25) is 4.79 Å². The third-order valence-electron chi connectivity index (χ3n) is 3.31. The SMILES string of the molecule is CC(C)CCNc1ccc(NC(=O)c2ccccc2Cl)cc1. The van der Waals surface area contributed by atoms with Gasteiger partial charge in [-0.15, -0.1) is 0 Å². The van der Waals surface area contributed by atoms with Crippen molar-refractivity contribution in [2.24, 2.45) is 5.92 Å². The maximum Gasteiger partial charge on any atom is 0.257 e. The molecular weight excluding hydrogens is 296 g/mol. The van der Waals surface area contributed by atoms with E-state index in [2.05, 4.69) is 24.5 Å². The van der Waals surface area contributed by atoms with Gasteiger partial charge < -0.3 is 10.6 Å². The van der Waals surface area contributed by atoms with Crippen LogP contribution in [0, 0.1) is 5.92 Å². The molecule has 116 valence electrons. The van der Waals surface area contributed by atoms with E-state index >= 15 is 0 Å². The van der Waals surface area contributed by atoms with Crippen molar-refractivity contribution in [2.45, 2.75) is 20.3 Å². The lowest BCUT2D eigenvalue weighted by molar-refractivity contribution is 0.102. The van der Waals surface area contributed by atoms with Gasteiger partial charge in [0.1, 0.15) is 0 Å². The molecule has 0 fully saturated rings. The lowest BCUT2D eigenvalue weighted by atomic mass is 10.1. The predicted octanol–water partition coefficient (Wildman–Crippen LogP) is 5.05. The van der Waals surface area contributed by atoms with Gasteiger partial charge in [0, 0.05) is 17.9 Å². The van der Waals surface area contributed by atoms with E-state index in [1.54, 1.807) is 24.3 Å². The molecule has 0 saturated heterocycles. The van der Waals surface area contributed by atoms with Gasteiger partial charge in [0.05, 0.1) is 10.6 Å². The highest BCUT2D eigenvalue weighted by Gasteiger charge is 2.09. The van der Waals surface area contributed by atoms with Crippen LogP contribution >= 0.6 is 11.6 Å². The van der Waals surface area contributed by atoms with E-state index in [0.29, 0.717) is 16.5 Å². The van der Waals surface area contributed by atoms with Crippen LogP contribution in [0.5, 0.6) is 0 Å². The van der Waals surface area contributed by atoms with Crippen LogP contribution in [-0.4, -0.2) is 12.5 Å². The summed E-state index contributed by atoms with van der Waals surface area (Å²) in [6, 6.07) is 14.7. The monoisotopic (exact) mass is 316 g/mol. The summed E-state index contributed by atoms with van der Waals surface area (Å²) in [7, 11) is 0. The minimum atomic E-state index is -0.203. The molecule has 22 heavy (non-hydrogen) atoms. The Kier molecular flexibility index (Phi) is 5.84. The van der Waals surface area contributed by atoms with Crippen molar-refractivity contribution >= 4 is 28.9 Å². The maximum absolute atomic E-state index is 12.2. The van der Waals surface area contributed by atoms with Crippen molar-refractivity contribution in [3.8, 4) is 0 Å². The van der Waals surface area contributed by atoms with Crippen molar-refractivity contribution < 1.29 is 4.79 Å². The average molecular weight is 317 g/mol. The van der Waals surface area contributed by atoms with Crippen LogP contribution in [0.15, 0.2) is 48.5 Å². The summed E-state index contributed by atoms with van der Waals surface area (Å²) in [5.41, 5.74) is 2.28. The van der Waals surface area contributed by atoms with E-state index in [0.717, 1.165) is 24.3 Å². The maximum atomic E-state index is 12.2. The number of carbonyl (C=O) groups is 1. The van der Waals surface area contributed by atoms with Crippen molar-refractivity contribution in [3.63, 3.8) is 0 Å². The number of nitrogens with one attached hydrogen (secondary N) is 2. The third-order valence-corrected chi connectivity index (χ3v) is 3.64. The Morgan fingerprint density at radius 2 is 1.68 bits per heavy atom. The third kappa shape index (κ3) is 4.78. The Morgan fingerprint density at radius 3 is 2.32 bits per heavy atom. The van der Waals surface area contributed by atoms with Gasteiger partial charge in [0.25, 0.3) is 5.91 Å². The standard InChI is InChI=1S/C18H21ClN2O/c1-13(2)11-12-20-14-7-9-15(10-8-14)21-18(22)16-5-3-4-6-17(16)19/h3-10,13,20H,11-12H2,1-2H3,(H,21,22). The second kappa shape index (κ2) is 7.85. The molecule has 0 spiro atoms. The van der Waals surface area contributed by atoms with Crippen LogP contribution in [0.4, 0.5) is 11.4 Å². The van der Waals surface area contributed by atoms with Gasteiger partial charge >= 0.3 is 0 Å². The van der Waals surface area contributed by atoms with Crippen molar-refractivity contribution in [2.75, 3.05) is 17.2 Å². The lowest BCUT2D eigenvalue weighted by Crippen LogP contribution is -2.12. The zero-order valence-electron chi connectivity index (χ0n) is 12.9. The van der Waals surface area contributed by atoms with Crippen LogP contribution in [0.3, 0.4) is 0 Å². The first-order valence-electron chi connectivity index (χ1n) is 7.46. The molecule has 0 saturated carbocycles. The largest absolute Gasteiger partial charge is 0.385 e. The number of benzene rings is 2. The van der Waals surface area contributed by atoms with Gasteiger partial charge in [-0.05, 0) is 48.7 Å². The molecule has 0 bridgehead atoms. The van der Waals surface area contributed by atoms with Crippen LogP contribution in [0.25, 0.3) is 0 Å². The Hall–Kier alpha value is -2.00. The number of anilines is 2. The zero-order valence-corrected chi connectivity index (χ0v) is 13.7. The molecule has 0 aromatic heterocycles. The summed E-state index contributed by atoms with van der Waals surface area (Å²) in [5, 5.41) is 6.66. The summed E-state index contributed by atoms with van der Waals surface area (Å²) in [6.07, 6.45) is 1.13. The van der Waals surface area contributed by atoms with Crippen molar-refractivity contribution in [3.05, 3.63) is 59.1 Å². The quantitative estimate of drug-likeness (QED) is 0.783. The summed E-state index contributed by atoms with van der Waals surface area (Å²) < 4.78 is 0. The smallest absolute Gasteiger partial charge is 0.257 e. The molecule has 0 atom stereocenters. The number of amides is 1. The number of hydrogen-bond donors (Lipinski definition) is 2. The molecule has 0 aliphatic heterocycles. The Bertz CT molecular complexity index is 623. The number of halogens is 1. The minimum absolute atomic E-state index is 0.203. The van der Waals surface area contributed by atoms with Crippen molar-refractivity contribution in [1.82, 2.24) is 0 Å². The molecule has 3 nitrogen and oxygen atoms in total. The first-order chi connectivity index (χ1) is 10.6. The first kappa shape index (κ1) is 16.4. The number of carbonyl (C=O) groups excluding carboxylic acids is 1. The Balaban J connectivity index is 1.94. The normalized spacial score (nSPS) is 10.5. The molecule has 0 aliphatic carbocycles. The molecular formula is C18H21ClN2O. The number of hydrogen-bond acceptors (Lipinski definition) is 2. The summed E-state index contributed by atoms with van der Waals surface area (Å²) in [5.74, 6) is 0.479. The van der Waals surface area contributed by atoms with E-state index in [1.165, 1.54) is 0 Å². The molecule has 0 unspecified atom stereocenters. The Morgan fingerprint density at radius 1 is 1.05 bits per heavy atom. The van der Waals surface area contributed by atoms with Crippen LogP contribution in [-0.2, 0) is 0 Å². The fraction of sp³-hybridized carbons (Fsp3) is 0.278. The van der Waals surface area contributed by atoms with E-state index in [4.69, 9.17) is 11.6 Å². The molecule has 2 rings (SSSR count). The summed E-state index contributed by atoms with van der Waals surface area (Å²) in [4.78, 5) is 12.2. The molecule has 2 N–H and O–H groups in total. The highest BCUT2D eigenvalue weighted by molar-refractivity contribution is 6.34. The van der Waals surface area contributed by atoms with Gasteiger partial charge in [0.15, 0.2) is 0 Å². The molecule has 0 aliphatic rings. The second-order valence-electron chi connectivity index (χ2n) is 5.62. The van der Waals surface area contributed by atoms with Gasteiger partial charge in [-0.25, -0.2) is 0 Å². The molecule has 0 heterocycles. The molecule has 4 heteroatoms.